The number of benzene rings is 1. The van der Waals surface area contributed by atoms with Crippen LogP contribution in [0.25, 0.3) is 0 Å². The molecule has 2 aromatic rings. The minimum Gasteiger partial charge on any atom is -0.447 e. The van der Waals surface area contributed by atoms with Gasteiger partial charge in [-0.05, 0) is 56.3 Å². The molecular weight excluding hydrogens is 354 g/mol. The summed E-state index contributed by atoms with van der Waals surface area (Å²) >= 11 is 0. The number of hydrogen-bond donors (Lipinski definition) is 1. The standard InChI is InChI=1S/C23H21NO4/c25-19-15-3-1-2-4-16(15)20(26)21-17(19)8-18(28-21)22(27)24-23-9-12-5-13(10-23)7-14(6-12)11-23/h1-4,8,12-14H,5-7,9-11H2,(H,24,27). The molecule has 0 radical (unpaired) electrons. The third kappa shape index (κ3) is 2.22. The van der Waals surface area contributed by atoms with Crippen molar-refractivity contribution < 1.29 is 18.8 Å². The number of nitrogens with one attached hydrogen (secondary N) is 1. The first kappa shape index (κ1) is 16.3. The van der Waals surface area contributed by atoms with Gasteiger partial charge in [0.1, 0.15) is 0 Å². The molecule has 1 aromatic carbocycles. The Morgan fingerprint density at radius 1 is 0.893 bits per heavy atom. The van der Waals surface area contributed by atoms with Crippen LogP contribution in [0.5, 0.6) is 0 Å². The van der Waals surface area contributed by atoms with Gasteiger partial charge in [0.15, 0.2) is 17.3 Å². The van der Waals surface area contributed by atoms with E-state index in [-0.39, 0.29) is 40.1 Å². The first-order chi connectivity index (χ1) is 13.5. The van der Waals surface area contributed by atoms with Crippen LogP contribution in [-0.4, -0.2) is 23.0 Å². The van der Waals surface area contributed by atoms with Gasteiger partial charge >= 0.3 is 0 Å². The van der Waals surface area contributed by atoms with E-state index in [0.717, 1.165) is 19.3 Å². The fourth-order valence-corrected chi connectivity index (χ4v) is 6.55. The maximum absolute atomic E-state index is 13.0. The van der Waals surface area contributed by atoms with E-state index >= 15 is 0 Å². The summed E-state index contributed by atoms with van der Waals surface area (Å²) in [7, 11) is 0. The summed E-state index contributed by atoms with van der Waals surface area (Å²) in [6, 6.07) is 8.16. The summed E-state index contributed by atoms with van der Waals surface area (Å²) < 4.78 is 5.64. The number of ketones is 2. The van der Waals surface area contributed by atoms with Crippen molar-refractivity contribution in [3.8, 4) is 0 Å². The topological polar surface area (TPSA) is 76.4 Å². The maximum Gasteiger partial charge on any atom is 0.287 e. The molecule has 7 rings (SSSR count). The zero-order valence-corrected chi connectivity index (χ0v) is 15.5. The summed E-state index contributed by atoms with van der Waals surface area (Å²) in [6.45, 7) is 0. The lowest BCUT2D eigenvalue weighted by Gasteiger charge is -2.56. The number of furan rings is 1. The van der Waals surface area contributed by atoms with Crippen molar-refractivity contribution in [1.82, 2.24) is 5.32 Å². The van der Waals surface area contributed by atoms with Crippen LogP contribution in [0.2, 0.25) is 0 Å². The minimum atomic E-state index is -0.334. The molecule has 142 valence electrons. The molecule has 5 heteroatoms. The Balaban J connectivity index is 1.31. The molecule has 4 saturated carbocycles. The SMILES string of the molecule is O=C(NC12CC3CC(CC(C3)C1)C2)c1cc2c(o1)C(=O)c1ccccc1C2=O. The maximum atomic E-state index is 13.0. The van der Waals surface area contributed by atoms with E-state index in [4.69, 9.17) is 4.42 Å². The molecule has 4 fully saturated rings. The first-order valence-electron chi connectivity index (χ1n) is 10.2. The van der Waals surface area contributed by atoms with Gasteiger partial charge in [-0.2, -0.15) is 0 Å². The van der Waals surface area contributed by atoms with Crippen molar-refractivity contribution in [2.45, 2.75) is 44.1 Å². The highest BCUT2D eigenvalue weighted by Crippen LogP contribution is 2.55. The molecule has 4 bridgehead atoms. The highest BCUT2D eigenvalue weighted by Gasteiger charge is 2.51. The van der Waals surface area contributed by atoms with E-state index < -0.39 is 0 Å². The summed E-state index contributed by atoms with van der Waals surface area (Å²) in [5, 5.41) is 3.25. The lowest BCUT2D eigenvalue weighted by molar-refractivity contribution is -0.0171. The van der Waals surface area contributed by atoms with Gasteiger partial charge in [-0.3, -0.25) is 14.4 Å². The van der Waals surface area contributed by atoms with Crippen molar-refractivity contribution in [2.75, 3.05) is 0 Å². The van der Waals surface area contributed by atoms with Crippen LogP contribution in [-0.2, 0) is 0 Å². The van der Waals surface area contributed by atoms with Crippen molar-refractivity contribution in [2.24, 2.45) is 17.8 Å². The molecule has 5 nitrogen and oxygen atoms in total. The molecule has 1 N–H and O–H groups in total. The van der Waals surface area contributed by atoms with Crippen molar-refractivity contribution in [3.05, 3.63) is 58.5 Å². The zero-order valence-electron chi connectivity index (χ0n) is 15.5. The van der Waals surface area contributed by atoms with E-state index in [2.05, 4.69) is 5.32 Å². The van der Waals surface area contributed by atoms with E-state index in [0.29, 0.717) is 28.9 Å². The van der Waals surface area contributed by atoms with Crippen LogP contribution in [0.1, 0.15) is 81.1 Å². The minimum absolute atomic E-state index is 0.0145. The Morgan fingerprint density at radius 2 is 1.46 bits per heavy atom. The molecule has 1 heterocycles. The predicted octanol–water partition coefficient (Wildman–Crippen LogP) is 3.75. The molecule has 0 atom stereocenters. The molecule has 0 aliphatic heterocycles. The second-order valence-electron chi connectivity index (χ2n) is 9.21. The Kier molecular flexibility index (Phi) is 3.16. The Morgan fingerprint density at radius 3 is 2.07 bits per heavy atom. The number of hydrogen-bond acceptors (Lipinski definition) is 4. The molecule has 0 unspecified atom stereocenters. The zero-order chi connectivity index (χ0) is 19.0. The average Bonchev–Trinajstić information content (AvgIpc) is 3.11. The second-order valence-corrected chi connectivity index (χ2v) is 9.21. The predicted molar refractivity (Wildman–Crippen MR) is 100 cm³/mol. The van der Waals surface area contributed by atoms with E-state index in [1.807, 2.05) is 0 Å². The van der Waals surface area contributed by atoms with Crippen molar-refractivity contribution >= 4 is 17.5 Å². The summed E-state index contributed by atoms with van der Waals surface area (Å²) in [6.07, 6.45) is 7.00. The third-order valence-electron chi connectivity index (χ3n) is 7.24. The van der Waals surface area contributed by atoms with Gasteiger partial charge in [-0.25, -0.2) is 0 Å². The van der Waals surface area contributed by atoms with Crippen LogP contribution in [0.4, 0.5) is 0 Å². The van der Waals surface area contributed by atoms with Crippen LogP contribution in [0, 0.1) is 17.8 Å². The monoisotopic (exact) mass is 375 g/mol. The summed E-state index contributed by atoms with van der Waals surface area (Å²) in [5.74, 6) is 1.30. The van der Waals surface area contributed by atoms with Gasteiger partial charge < -0.3 is 9.73 Å². The number of carbonyl (C=O) groups is 3. The fraction of sp³-hybridized carbons (Fsp3) is 0.435. The van der Waals surface area contributed by atoms with E-state index in [1.165, 1.54) is 25.3 Å². The van der Waals surface area contributed by atoms with Crippen LogP contribution < -0.4 is 5.32 Å². The van der Waals surface area contributed by atoms with Gasteiger partial charge in [0.2, 0.25) is 5.78 Å². The second kappa shape index (κ2) is 5.43. The third-order valence-corrected chi connectivity index (χ3v) is 7.24. The van der Waals surface area contributed by atoms with Gasteiger partial charge in [0.25, 0.3) is 5.91 Å². The van der Waals surface area contributed by atoms with Gasteiger partial charge in [0.05, 0.1) is 5.56 Å². The largest absolute Gasteiger partial charge is 0.447 e. The Labute approximate surface area is 162 Å². The molecule has 5 aliphatic carbocycles. The summed E-state index contributed by atoms with van der Waals surface area (Å²) in [4.78, 5) is 38.5. The van der Waals surface area contributed by atoms with E-state index in [1.54, 1.807) is 24.3 Å². The number of amides is 1. The Bertz CT molecular complexity index is 959. The molecule has 1 aromatic heterocycles. The number of fused-ring (bicyclic) bond motifs is 2. The fourth-order valence-electron chi connectivity index (χ4n) is 6.55. The van der Waals surface area contributed by atoms with Crippen molar-refractivity contribution in [3.63, 3.8) is 0 Å². The summed E-state index contributed by atoms with van der Waals surface area (Å²) in [5.41, 5.74) is 0.756. The number of rotatable bonds is 2. The lowest BCUT2D eigenvalue weighted by atomic mass is 9.53. The van der Waals surface area contributed by atoms with Crippen LogP contribution in [0.15, 0.2) is 34.7 Å². The molecule has 28 heavy (non-hydrogen) atoms. The van der Waals surface area contributed by atoms with Gasteiger partial charge in [0, 0.05) is 22.7 Å². The smallest absolute Gasteiger partial charge is 0.287 e. The van der Waals surface area contributed by atoms with Crippen LogP contribution >= 0.6 is 0 Å². The van der Waals surface area contributed by atoms with E-state index in [9.17, 15) is 14.4 Å². The first-order valence-corrected chi connectivity index (χ1v) is 10.2. The lowest BCUT2D eigenvalue weighted by Crippen LogP contribution is -2.59. The number of carbonyl (C=O) groups excluding carboxylic acids is 3. The van der Waals surface area contributed by atoms with Crippen molar-refractivity contribution in [1.29, 1.82) is 0 Å². The molecule has 0 saturated heterocycles. The van der Waals surface area contributed by atoms with Gasteiger partial charge in [-0.1, -0.05) is 24.3 Å². The van der Waals surface area contributed by atoms with Crippen LogP contribution in [0.3, 0.4) is 0 Å². The quantitative estimate of drug-likeness (QED) is 0.740. The normalized spacial score (nSPS) is 32.2. The molecule has 5 aliphatic rings. The molecule has 1 amide bonds. The molecule has 0 spiro atoms. The highest BCUT2D eigenvalue weighted by atomic mass is 16.4. The highest BCUT2D eigenvalue weighted by molar-refractivity contribution is 6.27. The molecular formula is C23H21NO4. The average molecular weight is 375 g/mol. The van der Waals surface area contributed by atoms with Gasteiger partial charge in [-0.15, -0.1) is 0 Å². The Hall–Kier alpha value is -2.69.